The highest BCUT2D eigenvalue weighted by atomic mass is 16.3. The van der Waals surface area contributed by atoms with Crippen LogP contribution in [-0.4, -0.2) is 29.9 Å². The van der Waals surface area contributed by atoms with Gasteiger partial charge in [0, 0.05) is 130 Å². The Labute approximate surface area is 793 Å². The largest absolute Gasteiger partial charge is 0.455 e. The number of fused-ring (bicyclic) bond motifs is 27. The van der Waals surface area contributed by atoms with E-state index < -0.39 is 0 Å². The first-order valence-corrected chi connectivity index (χ1v) is 46.8. The number of furan rings is 3. The van der Waals surface area contributed by atoms with Gasteiger partial charge in [-0.1, -0.05) is 363 Å². The van der Waals surface area contributed by atoms with Crippen molar-refractivity contribution in [1.29, 1.82) is 0 Å². The molecular formula is C129H82N6O3. The van der Waals surface area contributed by atoms with Crippen molar-refractivity contribution < 1.29 is 13.3 Å². The standard InChI is InChI=1S/C46H28N2O.C43H30N2O.C40H24N2O/c1-3-9-29(10-4-1)34-20-22-43-41(26-34)42-28-35(30-11-5-2-6-12-30)27-39(46(42)49-43)32-17-15-31(16-18-32)33-19-21-38-40(25-33)36-13-7-8-14-37(36)44-45(38)48-24-23-47-44;1-25-21-26(2)39(27(3)22-25)37-16-8-15-36-35-14-7-13-31(42(35)46-43(36)37)30-10-6-9-28(23-30)29-17-18-34-38(24-29)32-11-4-5-12-33(32)40-41(34)45-20-19-44-40;1-2-8-26(9-3-1)29-12-6-14-34-35-15-7-13-30(40(35)43-39(29)34)27-18-16-25(17-19-27)28-20-21-33-36(24-28)31-10-4-5-11-32(31)37-38(33)42-23-22-41-37/h1-28H;4-24H,1-3H3;1-24H. The van der Waals surface area contributed by atoms with E-state index in [0.717, 1.165) is 215 Å². The molecule has 0 fully saturated rings. The third-order valence-electron chi connectivity index (χ3n) is 27.8. The molecule has 138 heavy (non-hydrogen) atoms. The molecule has 0 atom stereocenters. The third-order valence-corrected chi connectivity index (χ3v) is 27.8. The summed E-state index contributed by atoms with van der Waals surface area (Å²) in [5.41, 5.74) is 37.9. The highest BCUT2D eigenvalue weighted by Gasteiger charge is 2.24. The second-order valence-corrected chi connectivity index (χ2v) is 35.9. The van der Waals surface area contributed by atoms with Crippen molar-refractivity contribution in [3.63, 3.8) is 0 Å². The fraction of sp³-hybridized carbons (Fsp3) is 0.0233. The number of hydrogen-bond acceptors (Lipinski definition) is 9. The lowest BCUT2D eigenvalue weighted by Gasteiger charge is -2.12. The van der Waals surface area contributed by atoms with Gasteiger partial charge in [0.15, 0.2) is 0 Å². The molecule has 22 aromatic carbocycles. The van der Waals surface area contributed by atoms with Crippen LogP contribution < -0.4 is 0 Å². The number of rotatable bonds is 10. The first kappa shape index (κ1) is 80.7. The molecule has 9 heteroatoms. The van der Waals surface area contributed by atoms with Crippen molar-refractivity contribution in [2.75, 3.05) is 0 Å². The Morgan fingerprint density at radius 3 is 0.855 bits per heavy atom. The van der Waals surface area contributed by atoms with Crippen molar-refractivity contribution in [3.8, 4) is 111 Å². The number of hydrogen-bond donors (Lipinski definition) is 0. The molecule has 0 aliphatic rings. The van der Waals surface area contributed by atoms with Crippen molar-refractivity contribution in [2.24, 2.45) is 0 Å². The lowest BCUT2D eigenvalue weighted by atomic mass is 9.92. The van der Waals surface area contributed by atoms with Gasteiger partial charge in [-0.3, -0.25) is 29.9 Å². The monoisotopic (exact) mass is 1760 g/mol. The van der Waals surface area contributed by atoms with Crippen LogP contribution in [0.1, 0.15) is 16.7 Å². The molecule has 0 aliphatic carbocycles. The van der Waals surface area contributed by atoms with Gasteiger partial charge in [-0.2, -0.15) is 0 Å². The Balaban J connectivity index is 0.000000107. The molecule has 0 saturated heterocycles. The molecule has 0 N–H and O–H groups in total. The Kier molecular flexibility index (Phi) is 19.4. The van der Waals surface area contributed by atoms with Crippen LogP contribution in [0.5, 0.6) is 0 Å². The van der Waals surface area contributed by atoms with Gasteiger partial charge in [-0.25, -0.2) is 0 Å². The molecule has 0 bridgehead atoms. The summed E-state index contributed by atoms with van der Waals surface area (Å²) < 4.78 is 20.1. The van der Waals surface area contributed by atoms with Crippen LogP contribution in [0.3, 0.4) is 0 Å². The van der Waals surface area contributed by atoms with Crippen LogP contribution in [0.2, 0.25) is 0 Å². The minimum Gasteiger partial charge on any atom is -0.455 e. The molecule has 646 valence electrons. The second-order valence-electron chi connectivity index (χ2n) is 35.9. The van der Waals surface area contributed by atoms with Crippen molar-refractivity contribution in [2.45, 2.75) is 20.8 Å². The Hall–Kier alpha value is -18.2. The third kappa shape index (κ3) is 13.8. The zero-order valence-electron chi connectivity index (χ0n) is 75.6. The van der Waals surface area contributed by atoms with Gasteiger partial charge in [-0.05, 0) is 196 Å². The Morgan fingerprint density at radius 1 is 0.152 bits per heavy atom. The molecule has 28 aromatic rings. The number of nitrogens with zero attached hydrogens (tertiary/aromatic N) is 6. The lowest BCUT2D eigenvalue weighted by molar-refractivity contribution is 0.670. The predicted octanol–water partition coefficient (Wildman–Crippen LogP) is 35.1. The minimum absolute atomic E-state index is 0.887. The fourth-order valence-corrected chi connectivity index (χ4v) is 21.4. The van der Waals surface area contributed by atoms with Crippen LogP contribution >= 0.6 is 0 Å². The molecule has 0 spiro atoms. The summed E-state index contributed by atoms with van der Waals surface area (Å²) in [6.45, 7) is 6.54. The van der Waals surface area contributed by atoms with E-state index in [9.17, 15) is 0 Å². The van der Waals surface area contributed by atoms with Crippen LogP contribution in [0, 0.1) is 20.8 Å². The van der Waals surface area contributed by atoms with Gasteiger partial charge in [0.25, 0.3) is 0 Å². The van der Waals surface area contributed by atoms with E-state index >= 15 is 0 Å². The van der Waals surface area contributed by atoms with Gasteiger partial charge in [-0.15, -0.1) is 0 Å². The summed E-state index contributed by atoms with van der Waals surface area (Å²) in [5.74, 6) is 0. The topological polar surface area (TPSA) is 117 Å². The van der Waals surface area contributed by atoms with E-state index in [4.69, 9.17) is 28.2 Å². The zero-order chi connectivity index (χ0) is 91.6. The van der Waals surface area contributed by atoms with Gasteiger partial charge in [0.1, 0.15) is 33.5 Å². The van der Waals surface area contributed by atoms with Crippen LogP contribution in [0.4, 0.5) is 0 Å². The van der Waals surface area contributed by atoms with Gasteiger partial charge >= 0.3 is 0 Å². The summed E-state index contributed by atoms with van der Waals surface area (Å²) in [6, 6.07) is 145. The lowest BCUT2D eigenvalue weighted by Crippen LogP contribution is -1.90. The zero-order valence-corrected chi connectivity index (χ0v) is 75.6. The normalized spacial score (nSPS) is 11.7. The molecule has 0 saturated carbocycles. The first-order chi connectivity index (χ1) is 68.2. The summed E-state index contributed by atoms with van der Waals surface area (Å²) in [6.07, 6.45) is 10.6. The smallest absolute Gasteiger partial charge is 0.143 e. The average Bonchev–Trinajstić information content (AvgIpc) is 0.975. The maximum absolute atomic E-state index is 6.84. The molecule has 0 amide bonds. The summed E-state index contributed by atoms with van der Waals surface area (Å²) in [5, 5.41) is 20.6. The average molecular weight is 1760 g/mol. The van der Waals surface area contributed by atoms with Crippen LogP contribution in [0.25, 0.3) is 275 Å². The molecule has 28 rings (SSSR count). The second kappa shape index (κ2) is 33.2. The van der Waals surface area contributed by atoms with Crippen molar-refractivity contribution in [1.82, 2.24) is 29.9 Å². The van der Waals surface area contributed by atoms with E-state index in [2.05, 4.69) is 436 Å². The quantitative estimate of drug-likeness (QED) is 0.123. The number of para-hydroxylation sites is 4. The van der Waals surface area contributed by atoms with Crippen LogP contribution in [-0.2, 0) is 0 Å². The minimum atomic E-state index is 0.887. The van der Waals surface area contributed by atoms with Gasteiger partial charge in [0.2, 0.25) is 0 Å². The highest BCUT2D eigenvalue weighted by molar-refractivity contribution is 6.27. The summed E-state index contributed by atoms with van der Waals surface area (Å²) in [4.78, 5) is 28.2. The summed E-state index contributed by atoms with van der Waals surface area (Å²) in [7, 11) is 0. The Bertz CT molecular complexity index is 9690. The van der Waals surface area contributed by atoms with Crippen molar-refractivity contribution in [3.05, 3.63) is 460 Å². The predicted molar refractivity (Wildman–Crippen MR) is 574 cm³/mol. The molecule has 6 heterocycles. The molecule has 0 aliphatic heterocycles. The van der Waals surface area contributed by atoms with E-state index in [1.165, 1.54) is 76.8 Å². The van der Waals surface area contributed by atoms with Gasteiger partial charge in [0.05, 0.1) is 33.1 Å². The number of aromatic nitrogens is 6. The van der Waals surface area contributed by atoms with E-state index in [1.807, 2.05) is 6.07 Å². The van der Waals surface area contributed by atoms with Crippen molar-refractivity contribution >= 4 is 164 Å². The number of benzene rings is 22. The van der Waals surface area contributed by atoms with E-state index in [-0.39, 0.29) is 0 Å². The first-order valence-electron chi connectivity index (χ1n) is 46.8. The molecule has 6 aromatic heterocycles. The molecular weight excluding hydrogens is 1680 g/mol. The Morgan fingerprint density at radius 2 is 0.420 bits per heavy atom. The SMILES string of the molecule is Cc1cc(C)c(-c2cccc3c2oc2c(-c4cccc(-c5ccc6c(c5)c5ccccc5c5nccnc65)c4)cccc23)c(C)c1.c1ccc(-c2ccc3oc4c(-c5ccc(-c6ccc7c(c6)c6ccccc6c6nccnc76)cc5)cc(-c5ccccc5)cc4c3c2)cc1.c1ccc(-c2cccc3c2oc2c(-c4ccc(-c5ccc6c(c5)c5ccccc5c5nccnc65)cc4)cccc23)cc1. The fourth-order valence-electron chi connectivity index (χ4n) is 21.4. The van der Waals surface area contributed by atoms with Crippen LogP contribution in [0.15, 0.2) is 457 Å². The van der Waals surface area contributed by atoms with E-state index in [1.54, 1.807) is 37.2 Å². The molecule has 9 nitrogen and oxygen atoms in total. The maximum Gasteiger partial charge on any atom is 0.143 e. The van der Waals surface area contributed by atoms with E-state index in [0.29, 0.717) is 0 Å². The molecule has 0 unspecified atom stereocenters. The maximum atomic E-state index is 6.84. The number of aryl methyl sites for hydroxylation is 3. The highest BCUT2D eigenvalue weighted by Crippen LogP contribution is 2.49. The summed E-state index contributed by atoms with van der Waals surface area (Å²) >= 11 is 0. The van der Waals surface area contributed by atoms with Gasteiger partial charge < -0.3 is 13.3 Å². The molecule has 0 radical (unpaired) electrons.